The molecule has 2 fully saturated rings. The number of hydrogen-bond donors (Lipinski definition) is 0. The predicted octanol–water partition coefficient (Wildman–Crippen LogP) is 3.65. The average molecular weight is 316 g/mol. The van der Waals surface area contributed by atoms with Crippen molar-refractivity contribution in [2.75, 3.05) is 18.8 Å². The van der Waals surface area contributed by atoms with Crippen LogP contribution in [0.1, 0.15) is 50.2 Å². The lowest BCUT2D eigenvalue weighted by molar-refractivity contribution is 0.265. The Balaban J connectivity index is 1.76. The number of hydrogen-bond acceptors (Lipinski definition) is 4. The third kappa shape index (κ3) is 2.44. The van der Waals surface area contributed by atoms with E-state index in [1.54, 1.807) is 0 Å². The summed E-state index contributed by atoms with van der Waals surface area (Å²) in [6.07, 6.45) is 5.69. The van der Waals surface area contributed by atoms with Crippen LogP contribution >= 0.6 is 11.8 Å². The molecule has 2 aromatic heterocycles. The molecule has 0 aliphatic carbocycles. The number of imidazole rings is 1. The maximum absolute atomic E-state index is 4.97. The van der Waals surface area contributed by atoms with Crippen molar-refractivity contribution in [3.05, 3.63) is 24.2 Å². The highest BCUT2D eigenvalue weighted by molar-refractivity contribution is 7.99. The van der Waals surface area contributed by atoms with Crippen molar-refractivity contribution in [1.82, 2.24) is 19.4 Å². The molecule has 2 aromatic rings. The Morgan fingerprint density at radius 3 is 2.95 bits per heavy atom. The summed E-state index contributed by atoms with van der Waals surface area (Å²) in [7, 11) is 0. The summed E-state index contributed by atoms with van der Waals surface area (Å²) in [4.78, 5) is 12.2. The van der Waals surface area contributed by atoms with Gasteiger partial charge in [0.2, 0.25) is 0 Å². The number of pyridine rings is 1. The zero-order chi connectivity index (χ0) is 15.1. The van der Waals surface area contributed by atoms with E-state index in [9.17, 15) is 0 Å². The SMILES string of the molecule is CC(C)N1CCC(n2c(C3CCCS3)nc3cccnc32)C1. The Morgan fingerprint density at radius 2 is 2.23 bits per heavy atom. The van der Waals surface area contributed by atoms with E-state index in [-0.39, 0.29) is 0 Å². The summed E-state index contributed by atoms with van der Waals surface area (Å²) in [5.41, 5.74) is 2.15. The lowest BCUT2D eigenvalue weighted by Crippen LogP contribution is -2.29. The summed E-state index contributed by atoms with van der Waals surface area (Å²) >= 11 is 2.07. The Morgan fingerprint density at radius 1 is 1.32 bits per heavy atom. The first kappa shape index (κ1) is 14.5. The minimum Gasteiger partial charge on any atom is -0.307 e. The van der Waals surface area contributed by atoms with Gasteiger partial charge in [0.1, 0.15) is 11.3 Å². The zero-order valence-electron chi connectivity index (χ0n) is 13.4. The third-order valence-corrected chi connectivity index (χ3v) is 6.36. The van der Waals surface area contributed by atoms with Crippen molar-refractivity contribution in [1.29, 1.82) is 0 Å². The molecule has 0 saturated carbocycles. The topological polar surface area (TPSA) is 34.0 Å². The van der Waals surface area contributed by atoms with Crippen LogP contribution in [-0.4, -0.2) is 44.3 Å². The van der Waals surface area contributed by atoms with Gasteiger partial charge in [-0.3, -0.25) is 4.90 Å². The minimum atomic E-state index is 0.526. The molecule has 2 atom stereocenters. The molecule has 4 heterocycles. The highest BCUT2D eigenvalue weighted by atomic mass is 32.2. The van der Waals surface area contributed by atoms with Gasteiger partial charge in [-0.2, -0.15) is 11.8 Å². The first-order valence-corrected chi connectivity index (χ1v) is 9.47. The first-order valence-electron chi connectivity index (χ1n) is 8.42. The van der Waals surface area contributed by atoms with Crippen LogP contribution in [0, 0.1) is 0 Å². The predicted molar refractivity (Wildman–Crippen MR) is 92.3 cm³/mol. The average Bonchev–Trinajstić information content (AvgIpc) is 3.25. The third-order valence-electron chi connectivity index (χ3n) is 4.98. The highest BCUT2D eigenvalue weighted by Crippen LogP contribution is 2.42. The Kier molecular flexibility index (Phi) is 3.86. The molecule has 0 radical (unpaired) electrons. The molecule has 0 spiro atoms. The smallest absolute Gasteiger partial charge is 0.160 e. The van der Waals surface area contributed by atoms with E-state index in [4.69, 9.17) is 4.98 Å². The molecule has 4 rings (SSSR count). The Labute approximate surface area is 136 Å². The molecule has 2 saturated heterocycles. The number of likely N-dealkylation sites (tertiary alicyclic amines) is 1. The quantitative estimate of drug-likeness (QED) is 0.865. The fourth-order valence-corrected chi connectivity index (χ4v) is 5.03. The fourth-order valence-electron chi connectivity index (χ4n) is 3.76. The van der Waals surface area contributed by atoms with Crippen LogP contribution in [0.5, 0.6) is 0 Å². The summed E-state index contributed by atoms with van der Waals surface area (Å²) in [6.45, 7) is 6.90. The van der Waals surface area contributed by atoms with Gasteiger partial charge >= 0.3 is 0 Å². The van der Waals surface area contributed by atoms with Crippen molar-refractivity contribution in [3.8, 4) is 0 Å². The van der Waals surface area contributed by atoms with Gasteiger partial charge in [-0.1, -0.05) is 0 Å². The monoisotopic (exact) mass is 316 g/mol. The van der Waals surface area contributed by atoms with Crippen molar-refractivity contribution < 1.29 is 0 Å². The van der Waals surface area contributed by atoms with Crippen LogP contribution in [-0.2, 0) is 0 Å². The number of aromatic nitrogens is 3. The lowest BCUT2D eigenvalue weighted by Gasteiger charge is -2.22. The van der Waals surface area contributed by atoms with Crippen LogP contribution in [0.4, 0.5) is 0 Å². The molecule has 118 valence electrons. The Bertz CT molecular complexity index is 660. The second-order valence-corrected chi connectivity index (χ2v) is 8.03. The normalized spacial score (nSPS) is 26.5. The molecule has 0 bridgehead atoms. The summed E-state index contributed by atoms with van der Waals surface area (Å²) in [5.74, 6) is 2.54. The molecule has 2 aliphatic heterocycles. The lowest BCUT2D eigenvalue weighted by atomic mass is 10.2. The number of thioether (sulfide) groups is 1. The van der Waals surface area contributed by atoms with E-state index >= 15 is 0 Å². The van der Waals surface area contributed by atoms with Gasteiger partial charge in [-0.25, -0.2) is 9.97 Å². The molecule has 2 aliphatic rings. The molecular weight excluding hydrogens is 292 g/mol. The zero-order valence-corrected chi connectivity index (χ0v) is 14.2. The molecule has 2 unspecified atom stereocenters. The molecule has 0 aromatic carbocycles. The van der Waals surface area contributed by atoms with E-state index in [0.29, 0.717) is 17.3 Å². The van der Waals surface area contributed by atoms with Gasteiger partial charge in [-0.15, -0.1) is 0 Å². The summed E-state index contributed by atoms with van der Waals surface area (Å²) < 4.78 is 2.47. The van der Waals surface area contributed by atoms with Gasteiger partial charge < -0.3 is 4.57 Å². The largest absolute Gasteiger partial charge is 0.307 e. The van der Waals surface area contributed by atoms with Gasteiger partial charge in [0, 0.05) is 25.3 Å². The molecule has 4 nitrogen and oxygen atoms in total. The van der Waals surface area contributed by atoms with Crippen LogP contribution < -0.4 is 0 Å². The van der Waals surface area contributed by atoms with E-state index in [1.165, 1.54) is 37.4 Å². The van der Waals surface area contributed by atoms with E-state index in [2.05, 4.69) is 46.1 Å². The summed E-state index contributed by atoms with van der Waals surface area (Å²) in [5, 5.41) is 0.558. The molecule has 5 heteroatoms. The van der Waals surface area contributed by atoms with Gasteiger partial charge in [0.05, 0.1) is 11.3 Å². The molecular formula is C17H24N4S. The van der Waals surface area contributed by atoms with Crippen molar-refractivity contribution in [2.24, 2.45) is 0 Å². The van der Waals surface area contributed by atoms with Gasteiger partial charge in [0.15, 0.2) is 5.65 Å². The standard InChI is InChI=1S/C17H24N4S/c1-12(2)20-9-7-13(11-20)21-16-14(5-3-8-18-16)19-17(21)15-6-4-10-22-15/h3,5,8,12-13,15H,4,6-7,9-11H2,1-2H3. The molecule has 0 amide bonds. The summed E-state index contributed by atoms with van der Waals surface area (Å²) in [6, 6.07) is 5.26. The van der Waals surface area contributed by atoms with Gasteiger partial charge in [0.25, 0.3) is 0 Å². The fraction of sp³-hybridized carbons (Fsp3) is 0.647. The second-order valence-electron chi connectivity index (χ2n) is 6.72. The maximum atomic E-state index is 4.97. The first-order chi connectivity index (χ1) is 10.7. The van der Waals surface area contributed by atoms with Crippen LogP contribution in [0.25, 0.3) is 11.2 Å². The van der Waals surface area contributed by atoms with Crippen LogP contribution in [0.3, 0.4) is 0 Å². The van der Waals surface area contributed by atoms with Crippen LogP contribution in [0.2, 0.25) is 0 Å². The second kappa shape index (κ2) is 5.85. The van der Waals surface area contributed by atoms with E-state index in [1.807, 2.05) is 12.3 Å². The van der Waals surface area contributed by atoms with Gasteiger partial charge in [-0.05, 0) is 51.0 Å². The van der Waals surface area contributed by atoms with Crippen molar-refractivity contribution in [3.63, 3.8) is 0 Å². The van der Waals surface area contributed by atoms with E-state index in [0.717, 1.165) is 17.7 Å². The highest BCUT2D eigenvalue weighted by Gasteiger charge is 2.32. The van der Waals surface area contributed by atoms with Crippen molar-refractivity contribution >= 4 is 22.9 Å². The van der Waals surface area contributed by atoms with Crippen LogP contribution in [0.15, 0.2) is 18.3 Å². The minimum absolute atomic E-state index is 0.526. The Hall–Kier alpha value is -1.07. The number of nitrogens with zero attached hydrogens (tertiary/aromatic N) is 4. The maximum Gasteiger partial charge on any atom is 0.160 e. The number of rotatable bonds is 3. The van der Waals surface area contributed by atoms with E-state index < -0.39 is 0 Å². The molecule has 22 heavy (non-hydrogen) atoms. The van der Waals surface area contributed by atoms with Crippen molar-refractivity contribution in [2.45, 2.75) is 50.4 Å². The number of fused-ring (bicyclic) bond motifs is 1. The molecule has 0 N–H and O–H groups in total.